The number of carbonyl (C=O) groups is 1. The lowest BCUT2D eigenvalue weighted by atomic mass is 10.0. The van der Waals surface area contributed by atoms with Crippen LogP contribution in [0.5, 0.6) is 0 Å². The smallest absolute Gasteiger partial charge is 0.222 e. The van der Waals surface area contributed by atoms with Crippen LogP contribution >= 0.6 is 0 Å². The van der Waals surface area contributed by atoms with Gasteiger partial charge in [0.2, 0.25) is 5.91 Å². The van der Waals surface area contributed by atoms with E-state index in [1.54, 1.807) is 0 Å². The molecule has 0 saturated carbocycles. The van der Waals surface area contributed by atoms with Gasteiger partial charge in [-0.1, -0.05) is 36.4 Å². The Bertz CT molecular complexity index is 1070. The Balaban J connectivity index is 1.14. The maximum atomic E-state index is 13.0. The molecule has 1 amide bonds. The molecule has 32 heavy (non-hydrogen) atoms. The number of piperazine rings is 1. The molecule has 0 bridgehead atoms. The Morgan fingerprint density at radius 2 is 1.78 bits per heavy atom. The first-order valence-electron chi connectivity index (χ1n) is 12.1. The zero-order chi connectivity index (χ0) is 21.9. The number of piperidine rings is 1. The summed E-state index contributed by atoms with van der Waals surface area (Å²) in [5, 5.41) is 1.24. The molecule has 1 N–H and O–H groups in total. The fourth-order valence-corrected chi connectivity index (χ4v) is 5.46. The quantitative estimate of drug-likeness (QED) is 0.659. The molecule has 2 fully saturated rings. The molecule has 3 heterocycles. The molecule has 2 aliphatic rings. The highest BCUT2D eigenvalue weighted by atomic mass is 16.2. The number of fused-ring (bicyclic) bond motifs is 1. The van der Waals surface area contributed by atoms with E-state index in [-0.39, 0.29) is 0 Å². The van der Waals surface area contributed by atoms with Crippen LogP contribution in [-0.2, 0) is 11.2 Å². The molecule has 0 spiro atoms. The molecule has 3 aromatic rings. The van der Waals surface area contributed by atoms with Crippen molar-refractivity contribution in [1.82, 2.24) is 14.8 Å². The number of rotatable bonds is 5. The number of carbonyl (C=O) groups excluding carboxylic acids is 1. The van der Waals surface area contributed by atoms with E-state index in [9.17, 15) is 4.79 Å². The van der Waals surface area contributed by atoms with Crippen LogP contribution in [0.4, 0.5) is 5.69 Å². The molecule has 0 aliphatic carbocycles. The Labute approximate surface area is 191 Å². The Hall–Kier alpha value is -2.79. The number of H-pyrrole nitrogens is 1. The van der Waals surface area contributed by atoms with Crippen molar-refractivity contribution < 1.29 is 4.79 Å². The molecule has 5 heteroatoms. The highest BCUT2D eigenvalue weighted by Gasteiger charge is 2.30. The first-order chi connectivity index (χ1) is 15.7. The van der Waals surface area contributed by atoms with Crippen LogP contribution in [0.2, 0.25) is 0 Å². The third kappa shape index (κ3) is 4.40. The molecule has 5 nitrogen and oxygen atoms in total. The number of aromatic amines is 1. The minimum Gasteiger partial charge on any atom is -0.369 e. The standard InChI is InChI=1S/C27H34N4O/c1-21-7-2-5-11-26(21)30-17-15-29(16-18-30)23-8-6-14-31(20-23)27(32)13-12-22-19-28-25-10-4-3-9-24(22)25/h2-5,7,9-11,19,23,28H,6,8,12-18,20H2,1H3/t23-/m0/s1. The third-order valence-electron chi connectivity index (χ3n) is 7.32. The number of aromatic nitrogens is 1. The molecule has 0 radical (unpaired) electrons. The predicted octanol–water partition coefficient (Wildman–Crippen LogP) is 4.22. The number of amides is 1. The van der Waals surface area contributed by atoms with Crippen molar-refractivity contribution in [3.8, 4) is 0 Å². The summed E-state index contributed by atoms with van der Waals surface area (Å²) in [6.07, 6.45) is 5.78. The van der Waals surface area contributed by atoms with Gasteiger partial charge in [0.25, 0.3) is 0 Å². The average molecular weight is 431 g/mol. The summed E-state index contributed by atoms with van der Waals surface area (Å²) in [6.45, 7) is 8.28. The van der Waals surface area contributed by atoms with Gasteiger partial charge in [0.05, 0.1) is 0 Å². The number of likely N-dealkylation sites (tertiary alicyclic amines) is 1. The number of para-hydroxylation sites is 2. The maximum Gasteiger partial charge on any atom is 0.222 e. The van der Waals surface area contributed by atoms with E-state index in [0.717, 1.165) is 57.6 Å². The van der Waals surface area contributed by atoms with Gasteiger partial charge in [-0.15, -0.1) is 0 Å². The molecule has 168 valence electrons. The van der Waals surface area contributed by atoms with Crippen LogP contribution < -0.4 is 4.90 Å². The highest BCUT2D eigenvalue weighted by Crippen LogP contribution is 2.24. The average Bonchev–Trinajstić information content (AvgIpc) is 3.26. The molecule has 5 rings (SSSR count). The fourth-order valence-electron chi connectivity index (χ4n) is 5.46. The zero-order valence-electron chi connectivity index (χ0n) is 19.1. The second-order valence-electron chi connectivity index (χ2n) is 9.30. The van der Waals surface area contributed by atoms with E-state index in [1.165, 1.54) is 28.6 Å². The number of benzene rings is 2. The van der Waals surface area contributed by atoms with Crippen molar-refractivity contribution in [1.29, 1.82) is 0 Å². The number of hydrogen-bond donors (Lipinski definition) is 1. The topological polar surface area (TPSA) is 42.6 Å². The molecule has 0 unspecified atom stereocenters. The normalized spacial score (nSPS) is 20.1. The molecule has 2 aromatic carbocycles. The van der Waals surface area contributed by atoms with Crippen LogP contribution in [0.3, 0.4) is 0 Å². The van der Waals surface area contributed by atoms with Gasteiger partial charge in [-0.2, -0.15) is 0 Å². The second kappa shape index (κ2) is 9.37. The lowest BCUT2D eigenvalue weighted by molar-refractivity contribution is -0.133. The third-order valence-corrected chi connectivity index (χ3v) is 7.32. The van der Waals surface area contributed by atoms with E-state index >= 15 is 0 Å². The van der Waals surface area contributed by atoms with E-state index in [0.29, 0.717) is 18.4 Å². The van der Waals surface area contributed by atoms with Crippen molar-refractivity contribution in [3.05, 3.63) is 65.9 Å². The number of nitrogens with zero attached hydrogens (tertiary/aromatic N) is 3. The Morgan fingerprint density at radius 3 is 2.62 bits per heavy atom. The number of nitrogens with one attached hydrogen (secondary N) is 1. The molecule has 1 atom stereocenters. The van der Waals surface area contributed by atoms with Crippen LogP contribution in [0.15, 0.2) is 54.7 Å². The summed E-state index contributed by atoms with van der Waals surface area (Å²) in [6, 6.07) is 17.5. The maximum absolute atomic E-state index is 13.0. The first-order valence-corrected chi connectivity index (χ1v) is 12.1. The monoisotopic (exact) mass is 430 g/mol. The summed E-state index contributed by atoms with van der Waals surface area (Å²) in [5.41, 5.74) is 5.11. The lowest BCUT2D eigenvalue weighted by Crippen LogP contribution is -2.56. The van der Waals surface area contributed by atoms with E-state index in [1.807, 2.05) is 6.07 Å². The van der Waals surface area contributed by atoms with Gasteiger partial charge in [-0.05, 0) is 49.4 Å². The van der Waals surface area contributed by atoms with Crippen molar-refractivity contribution in [2.75, 3.05) is 44.2 Å². The van der Waals surface area contributed by atoms with Crippen LogP contribution in [0.25, 0.3) is 10.9 Å². The molecule has 1 aromatic heterocycles. The Morgan fingerprint density at radius 1 is 1.00 bits per heavy atom. The van der Waals surface area contributed by atoms with E-state index in [4.69, 9.17) is 0 Å². The van der Waals surface area contributed by atoms with Gasteiger partial charge < -0.3 is 14.8 Å². The van der Waals surface area contributed by atoms with Gasteiger partial charge in [-0.3, -0.25) is 9.69 Å². The van der Waals surface area contributed by atoms with Crippen molar-refractivity contribution in [2.24, 2.45) is 0 Å². The van der Waals surface area contributed by atoms with Crippen molar-refractivity contribution in [3.63, 3.8) is 0 Å². The van der Waals surface area contributed by atoms with Gasteiger partial charge in [-0.25, -0.2) is 0 Å². The Kier molecular flexibility index (Phi) is 6.17. The number of hydrogen-bond acceptors (Lipinski definition) is 3. The van der Waals surface area contributed by atoms with Crippen molar-refractivity contribution >= 4 is 22.5 Å². The first kappa shape index (κ1) is 21.1. The number of anilines is 1. The van der Waals surface area contributed by atoms with E-state index in [2.05, 4.69) is 75.3 Å². The molecule has 2 aliphatic heterocycles. The summed E-state index contributed by atoms with van der Waals surface area (Å²) in [5.74, 6) is 0.304. The van der Waals surface area contributed by atoms with E-state index < -0.39 is 0 Å². The van der Waals surface area contributed by atoms with Crippen molar-refractivity contribution in [2.45, 2.75) is 38.6 Å². The molecular formula is C27H34N4O. The van der Waals surface area contributed by atoms with Crippen LogP contribution in [0.1, 0.15) is 30.4 Å². The van der Waals surface area contributed by atoms with Gasteiger partial charge in [0.1, 0.15) is 0 Å². The molecule has 2 saturated heterocycles. The molecular weight excluding hydrogens is 396 g/mol. The predicted molar refractivity (Wildman–Crippen MR) is 131 cm³/mol. The zero-order valence-corrected chi connectivity index (χ0v) is 19.1. The lowest BCUT2D eigenvalue weighted by Gasteiger charge is -2.44. The van der Waals surface area contributed by atoms with Crippen LogP contribution in [0, 0.1) is 6.92 Å². The minimum absolute atomic E-state index is 0.304. The summed E-state index contributed by atoms with van der Waals surface area (Å²) in [4.78, 5) is 23.6. The minimum atomic E-state index is 0.304. The largest absolute Gasteiger partial charge is 0.369 e. The van der Waals surface area contributed by atoms with Gasteiger partial charge in [0.15, 0.2) is 0 Å². The fraction of sp³-hybridized carbons (Fsp3) is 0.444. The van der Waals surface area contributed by atoms with Gasteiger partial charge >= 0.3 is 0 Å². The SMILES string of the molecule is Cc1ccccc1N1CCN([C@H]2CCCN(C(=O)CCc3c[nH]c4ccccc34)C2)CC1. The summed E-state index contributed by atoms with van der Waals surface area (Å²) in [7, 11) is 0. The summed E-state index contributed by atoms with van der Waals surface area (Å²) >= 11 is 0. The van der Waals surface area contributed by atoms with Gasteiger partial charge in [0, 0.05) is 74.5 Å². The summed E-state index contributed by atoms with van der Waals surface area (Å²) < 4.78 is 0. The second-order valence-corrected chi connectivity index (χ2v) is 9.30. The van der Waals surface area contributed by atoms with Crippen LogP contribution in [-0.4, -0.2) is 66.0 Å². The number of aryl methyl sites for hydroxylation is 2. The highest BCUT2D eigenvalue weighted by molar-refractivity contribution is 5.84.